The molecule has 1 rings (SSSR count). The van der Waals surface area contributed by atoms with Gasteiger partial charge in [0.05, 0.1) is 0 Å². The molecule has 1 aliphatic rings. The summed E-state index contributed by atoms with van der Waals surface area (Å²) in [5.41, 5.74) is 0. The smallest absolute Gasteiger partial charge is 0.190 e. The molecule has 0 bridgehead atoms. The van der Waals surface area contributed by atoms with E-state index in [1.807, 2.05) is 12.2 Å². The first kappa shape index (κ1) is 11.9. The van der Waals surface area contributed by atoms with Crippen molar-refractivity contribution in [1.82, 2.24) is 0 Å². The maximum absolute atomic E-state index is 11.2. The third kappa shape index (κ3) is 3.46. The Morgan fingerprint density at radius 3 is 2.60 bits per heavy atom. The summed E-state index contributed by atoms with van der Waals surface area (Å²) >= 11 is 0. The van der Waals surface area contributed by atoms with Gasteiger partial charge in [0.1, 0.15) is 0 Å². The van der Waals surface area contributed by atoms with Gasteiger partial charge in [0, 0.05) is 27.1 Å². The van der Waals surface area contributed by atoms with Gasteiger partial charge >= 0.3 is 0 Å². The minimum atomic E-state index is -0.721. The van der Waals surface area contributed by atoms with Gasteiger partial charge in [0.2, 0.25) is 0 Å². The van der Waals surface area contributed by atoms with Crippen molar-refractivity contribution in [2.24, 2.45) is 0 Å². The predicted octanol–water partition coefficient (Wildman–Crippen LogP) is 2.01. The standard InChI is InChI=1S/C12H16O3/c1-14-12(15-2)9-5-3-7-11(13)8-4-6-10-12/h3-7,9H,8,10H2,1-2H3/b6-4+,7-3-,9-5+. The molecule has 0 unspecified atom stereocenters. The summed E-state index contributed by atoms with van der Waals surface area (Å²) in [6.45, 7) is 0. The van der Waals surface area contributed by atoms with Gasteiger partial charge in [0.15, 0.2) is 11.6 Å². The van der Waals surface area contributed by atoms with Crippen LogP contribution in [0.1, 0.15) is 12.8 Å². The molecule has 0 radical (unpaired) electrons. The fourth-order valence-corrected chi connectivity index (χ4v) is 1.33. The van der Waals surface area contributed by atoms with Crippen molar-refractivity contribution < 1.29 is 14.3 Å². The quantitative estimate of drug-likeness (QED) is 0.514. The maximum atomic E-state index is 11.2. The molecule has 3 nitrogen and oxygen atoms in total. The van der Waals surface area contributed by atoms with Gasteiger partial charge < -0.3 is 9.47 Å². The third-order valence-electron chi connectivity index (χ3n) is 2.32. The Labute approximate surface area is 90.1 Å². The molecule has 1 aliphatic carbocycles. The molecule has 0 fully saturated rings. The average Bonchev–Trinajstić information content (AvgIpc) is 2.28. The van der Waals surface area contributed by atoms with Gasteiger partial charge in [0.25, 0.3) is 0 Å². The van der Waals surface area contributed by atoms with Gasteiger partial charge in [-0.1, -0.05) is 24.3 Å². The Morgan fingerprint density at radius 2 is 1.93 bits per heavy atom. The molecule has 0 N–H and O–H groups in total. The average molecular weight is 208 g/mol. The summed E-state index contributed by atoms with van der Waals surface area (Å²) in [5.74, 6) is -0.625. The first-order valence-corrected chi connectivity index (χ1v) is 4.86. The van der Waals surface area contributed by atoms with Crippen LogP contribution in [0.15, 0.2) is 36.5 Å². The van der Waals surface area contributed by atoms with Crippen LogP contribution in [-0.2, 0) is 14.3 Å². The highest BCUT2D eigenvalue weighted by Crippen LogP contribution is 2.19. The third-order valence-corrected chi connectivity index (χ3v) is 2.32. The molecule has 0 heterocycles. The zero-order chi connectivity index (χ0) is 11.1. The Hall–Kier alpha value is -1.19. The minimum Gasteiger partial charge on any atom is -0.349 e. The van der Waals surface area contributed by atoms with Gasteiger partial charge in [-0.15, -0.1) is 0 Å². The topological polar surface area (TPSA) is 35.5 Å². The van der Waals surface area contributed by atoms with Crippen LogP contribution < -0.4 is 0 Å². The van der Waals surface area contributed by atoms with Crippen LogP contribution in [0.4, 0.5) is 0 Å². The van der Waals surface area contributed by atoms with Crippen LogP contribution in [0.5, 0.6) is 0 Å². The summed E-state index contributed by atoms with van der Waals surface area (Å²) in [5, 5.41) is 0. The fourth-order valence-electron chi connectivity index (χ4n) is 1.33. The van der Waals surface area contributed by atoms with Crippen molar-refractivity contribution in [2.45, 2.75) is 18.6 Å². The lowest BCUT2D eigenvalue weighted by molar-refractivity contribution is -0.167. The maximum Gasteiger partial charge on any atom is 0.190 e. The van der Waals surface area contributed by atoms with Crippen molar-refractivity contribution >= 4 is 5.78 Å². The van der Waals surface area contributed by atoms with E-state index in [9.17, 15) is 4.79 Å². The van der Waals surface area contributed by atoms with Crippen molar-refractivity contribution in [3.05, 3.63) is 36.5 Å². The number of carbonyl (C=O) groups excluding carboxylic acids is 1. The number of carbonyl (C=O) groups is 1. The van der Waals surface area contributed by atoms with E-state index in [4.69, 9.17) is 9.47 Å². The van der Waals surface area contributed by atoms with Gasteiger partial charge in [-0.3, -0.25) is 4.79 Å². The predicted molar refractivity (Wildman–Crippen MR) is 58.4 cm³/mol. The van der Waals surface area contributed by atoms with Crippen LogP contribution in [-0.4, -0.2) is 25.8 Å². The lowest BCUT2D eigenvalue weighted by Gasteiger charge is -2.26. The SMILES string of the molecule is COC1(OC)/C=C/C=C\C(=O)C/C=C/C1. The van der Waals surface area contributed by atoms with Gasteiger partial charge in [-0.05, 0) is 12.2 Å². The minimum absolute atomic E-state index is 0.0956. The van der Waals surface area contributed by atoms with E-state index in [1.54, 1.807) is 38.5 Å². The van der Waals surface area contributed by atoms with Crippen LogP contribution in [0, 0.1) is 0 Å². The fraction of sp³-hybridized carbons (Fsp3) is 0.417. The second-order valence-electron chi connectivity index (χ2n) is 3.28. The lowest BCUT2D eigenvalue weighted by atomic mass is 10.1. The largest absolute Gasteiger partial charge is 0.349 e. The first-order valence-electron chi connectivity index (χ1n) is 4.86. The Bertz CT molecular complexity index is 296. The van der Waals surface area contributed by atoms with E-state index in [2.05, 4.69) is 0 Å². The molecule has 0 aromatic rings. The van der Waals surface area contributed by atoms with Crippen LogP contribution >= 0.6 is 0 Å². The van der Waals surface area contributed by atoms with Crippen molar-refractivity contribution in [2.75, 3.05) is 14.2 Å². The van der Waals surface area contributed by atoms with E-state index in [0.717, 1.165) is 0 Å². The molecule has 0 saturated heterocycles. The molecule has 0 spiro atoms. The van der Waals surface area contributed by atoms with E-state index in [-0.39, 0.29) is 5.78 Å². The first-order chi connectivity index (χ1) is 7.22. The summed E-state index contributed by atoms with van der Waals surface area (Å²) < 4.78 is 10.6. The van der Waals surface area contributed by atoms with Crippen molar-refractivity contribution in [1.29, 1.82) is 0 Å². The normalized spacial score (nSPS) is 26.9. The molecular weight excluding hydrogens is 192 g/mol. The number of methoxy groups -OCH3 is 2. The molecular formula is C12H16O3. The van der Waals surface area contributed by atoms with Gasteiger partial charge in [-0.25, -0.2) is 0 Å². The second kappa shape index (κ2) is 5.63. The number of ether oxygens (including phenoxy) is 2. The summed E-state index contributed by atoms with van der Waals surface area (Å²) in [4.78, 5) is 11.2. The number of hydrogen-bond donors (Lipinski definition) is 0. The van der Waals surface area contributed by atoms with Crippen LogP contribution in [0.3, 0.4) is 0 Å². The van der Waals surface area contributed by atoms with E-state index in [1.165, 1.54) is 0 Å². The molecule has 0 atom stereocenters. The number of rotatable bonds is 2. The summed E-state index contributed by atoms with van der Waals surface area (Å²) in [7, 11) is 3.20. The molecule has 15 heavy (non-hydrogen) atoms. The highest BCUT2D eigenvalue weighted by Gasteiger charge is 2.24. The molecule has 0 aromatic heterocycles. The number of ketones is 1. The molecule has 82 valence electrons. The molecule has 0 saturated carbocycles. The van der Waals surface area contributed by atoms with E-state index >= 15 is 0 Å². The zero-order valence-corrected chi connectivity index (χ0v) is 9.10. The Balaban J connectivity index is 2.87. The van der Waals surface area contributed by atoms with Crippen molar-refractivity contribution in [3.8, 4) is 0 Å². The van der Waals surface area contributed by atoms with Gasteiger partial charge in [-0.2, -0.15) is 0 Å². The molecule has 0 aromatic carbocycles. The van der Waals surface area contributed by atoms with E-state index in [0.29, 0.717) is 12.8 Å². The monoisotopic (exact) mass is 208 g/mol. The van der Waals surface area contributed by atoms with Crippen LogP contribution in [0.25, 0.3) is 0 Å². The van der Waals surface area contributed by atoms with Crippen molar-refractivity contribution in [3.63, 3.8) is 0 Å². The highest BCUT2D eigenvalue weighted by molar-refractivity contribution is 5.90. The van der Waals surface area contributed by atoms with Crippen LogP contribution in [0.2, 0.25) is 0 Å². The van der Waals surface area contributed by atoms with E-state index < -0.39 is 5.79 Å². The molecule has 0 amide bonds. The number of allylic oxidation sites excluding steroid dienone is 4. The lowest BCUT2D eigenvalue weighted by Crippen LogP contribution is -2.30. The summed E-state index contributed by atoms with van der Waals surface area (Å²) in [6.07, 6.45) is 11.6. The second-order valence-corrected chi connectivity index (χ2v) is 3.28. The zero-order valence-electron chi connectivity index (χ0n) is 9.10. The Morgan fingerprint density at radius 1 is 1.20 bits per heavy atom. The number of hydrogen-bond acceptors (Lipinski definition) is 3. The Kier molecular flexibility index (Phi) is 4.46. The highest BCUT2D eigenvalue weighted by atomic mass is 16.7. The molecule has 0 aliphatic heterocycles. The summed E-state index contributed by atoms with van der Waals surface area (Å²) in [6, 6.07) is 0. The molecule has 3 heteroatoms.